The summed E-state index contributed by atoms with van der Waals surface area (Å²) in [6.45, 7) is 1.81. The number of hydrogen-bond donors (Lipinski definition) is 1. The van der Waals surface area contributed by atoms with Crippen LogP contribution in [-0.4, -0.2) is 26.3 Å². The molecule has 0 unspecified atom stereocenters. The molecule has 0 aliphatic carbocycles. The van der Waals surface area contributed by atoms with Gasteiger partial charge in [-0.15, -0.1) is 5.10 Å². The van der Waals surface area contributed by atoms with E-state index in [-0.39, 0.29) is 11.6 Å². The molecule has 3 aromatic rings. The zero-order valence-corrected chi connectivity index (χ0v) is 11.1. The van der Waals surface area contributed by atoms with Crippen molar-refractivity contribution >= 4 is 17.0 Å². The topological polar surface area (TPSA) is 85.2 Å². The predicted octanol–water partition coefficient (Wildman–Crippen LogP) is 2.82. The van der Waals surface area contributed by atoms with E-state index in [1.54, 1.807) is 18.2 Å². The molecule has 2 aromatic carbocycles. The highest BCUT2D eigenvalue weighted by Crippen LogP contribution is 2.24. The normalized spacial score (nSPS) is 10.5. The lowest BCUT2D eigenvalue weighted by atomic mass is 10.1. The molecule has 0 fully saturated rings. The van der Waals surface area contributed by atoms with Crippen LogP contribution in [0.1, 0.15) is 15.9 Å². The molecule has 0 bridgehead atoms. The predicted molar refractivity (Wildman–Crippen MR) is 75.5 cm³/mol. The number of hydrogen-bond acceptors (Lipinski definition) is 5. The summed E-state index contributed by atoms with van der Waals surface area (Å²) in [5, 5.41) is 16.9. The Morgan fingerprint density at radius 1 is 1.10 bits per heavy atom. The first kappa shape index (κ1) is 13.0. The average molecular weight is 281 g/mol. The Balaban J connectivity index is 1.98. The van der Waals surface area contributed by atoms with Crippen molar-refractivity contribution in [3.63, 3.8) is 0 Å². The molecule has 3 rings (SSSR count). The van der Waals surface area contributed by atoms with E-state index in [4.69, 9.17) is 9.84 Å². The molecule has 0 saturated heterocycles. The number of aromatic carboxylic acids is 1. The Bertz CT molecular complexity index is 833. The highest BCUT2D eigenvalue weighted by Gasteiger charge is 2.10. The van der Waals surface area contributed by atoms with Gasteiger partial charge >= 0.3 is 12.0 Å². The number of ether oxygens (including phenoxy) is 1. The monoisotopic (exact) mass is 281 g/mol. The second kappa shape index (κ2) is 5.16. The standard InChI is InChI=1S/C15H11N3O3/c1-9-6-7-10(14(19)20)8-13(9)21-15-16-11-4-2-3-5-12(11)17-18-15/h2-8H,1H3,(H,19,20). The maximum absolute atomic E-state index is 11.0. The summed E-state index contributed by atoms with van der Waals surface area (Å²) in [7, 11) is 0. The van der Waals surface area contributed by atoms with Crippen LogP contribution in [0.4, 0.5) is 0 Å². The maximum atomic E-state index is 11.0. The molecular formula is C15H11N3O3. The fraction of sp³-hybridized carbons (Fsp3) is 0.0667. The zero-order chi connectivity index (χ0) is 14.8. The number of rotatable bonds is 3. The van der Waals surface area contributed by atoms with Gasteiger partial charge < -0.3 is 9.84 Å². The number of nitrogens with zero attached hydrogens (tertiary/aromatic N) is 3. The molecular weight excluding hydrogens is 270 g/mol. The number of carboxylic acid groups (broad SMARTS) is 1. The van der Waals surface area contributed by atoms with Gasteiger partial charge in [-0.05, 0) is 36.8 Å². The molecule has 0 aliphatic rings. The summed E-state index contributed by atoms with van der Waals surface area (Å²) in [5.74, 6) is -0.621. The molecule has 0 aliphatic heterocycles. The van der Waals surface area contributed by atoms with Gasteiger partial charge in [-0.1, -0.05) is 23.3 Å². The van der Waals surface area contributed by atoms with Gasteiger partial charge in [0.2, 0.25) is 0 Å². The highest BCUT2D eigenvalue weighted by molar-refractivity contribution is 5.88. The van der Waals surface area contributed by atoms with Crippen LogP contribution in [0.3, 0.4) is 0 Å². The van der Waals surface area contributed by atoms with Crippen molar-refractivity contribution in [1.82, 2.24) is 15.2 Å². The molecule has 6 nitrogen and oxygen atoms in total. The summed E-state index contributed by atoms with van der Waals surface area (Å²) in [6.07, 6.45) is 0. The molecule has 1 heterocycles. The van der Waals surface area contributed by atoms with Crippen LogP contribution in [0.2, 0.25) is 0 Å². The van der Waals surface area contributed by atoms with Crippen LogP contribution >= 0.6 is 0 Å². The van der Waals surface area contributed by atoms with Gasteiger partial charge in [0, 0.05) is 0 Å². The van der Waals surface area contributed by atoms with Crippen molar-refractivity contribution in [2.45, 2.75) is 6.92 Å². The number of fused-ring (bicyclic) bond motifs is 1. The van der Waals surface area contributed by atoms with Crippen molar-refractivity contribution in [1.29, 1.82) is 0 Å². The molecule has 21 heavy (non-hydrogen) atoms. The van der Waals surface area contributed by atoms with Gasteiger partial charge in [0.05, 0.1) is 11.1 Å². The van der Waals surface area contributed by atoms with Crippen LogP contribution < -0.4 is 4.74 Å². The lowest BCUT2D eigenvalue weighted by Crippen LogP contribution is -2.00. The van der Waals surface area contributed by atoms with E-state index < -0.39 is 5.97 Å². The second-order valence-electron chi connectivity index (χ2n) is 4.47. The lowest BCUT2D eigenvalue weighted by Gasteiger charge is -2.07. The minimum Gasteiger partial charge on any atom is -0.478 e. The van der Waals surface area contributed by atoms with Crippen LogP contribution in [0, 0.1) is 6.92 Å². The summed E-state index contributed by atoms with van der Waals surface area (Å²) in [6, 6.07) is 12.0. The molecule has 0 spiro atoms. The molecule has 1 N–H and O–H groups in total. The number of aryl methyl sites for hydroxylation is 1. The Morgan fingerprint density at radius 2 is 1.86 bits per heavy atom. The van der Waals surface area contributed by atoms with Gasteiger partial charge in [-0.2, -0.15) is 4.98 Å². The number of benzene rings is 2. The van der Waals surface area contributed by atoms with Crippen molar-refractivity contribution in [3.8, 4) is 11.8 Å². The minimum absolute atomic E-state index is 0.0827. The largest absolute Gasteiger partial charge is 0.478 e. The summed E-state index contributed by atoms with van der Waals surface area (Å²) in [4.78, 5) is 15.2. The number of carbonyl (C=O) groups is 1. The molecule has 0 saturated carbocycles. The second-order valence-corrected chi connectivity index (χ2v) is 4.47. The van der Waals surface area contributed by atoms with Crippen molar-refractivity contribution in [2.24, 2.45) is 0 Å². The molecule has 104 valence electrons. The first-order chi connectivity index (χ1) is 10.1. The first-order valence-corrected chi connectivity index (χ1v) is 6.25. The third-order valence-corrected chi connectivity index (χ3v) is 2.98. The Kier molecular flexibility index (Phi) is 3.19. The lowest BCUT2D eigenvalue weighted by molar-refractivity contribution is 0.0696. The highest BCUT2D eigenvalue weighted by atomic mass is 16.5. The summed E-state index contributed by atoms with van der Waals surface area (Å²) < 4.78 is 5.56. The molecule has 0 amide bonds. The smallest absolute Gasteiger partial charge is 0.341 e. The van der Waals surface area contributed by atoms with Crippen molar-refractivity contribution in [3.05, 3.63) is 53.6 Å². The summed E-state index contributed by atoms with van der Waals surface area (Å²) in [5.41, 5.74) is 2.26. The molecule has 1 aromatic heterocycles. The molecule has 0 atom stereocenters. The van der Waals surface area contributed by atoms with Crippen molar-refractivity contribution < 1.29 is 14.6 Å². The Hall–Kier alpha value is -3.02. The van der Waals surface area contributed by atoms with E-state index >= 15 is 0 Å². The van der Waals surface area contributed by atoms with E-state index in [2.05, 4.69) is 15.2 Å². The van der Waals surface area contributed by atoms with Crippen LogP contribution in [0.15, 0.2) is 42.5 Å². The minimum atomic E-state index is -1.02. The van der Waals surface area contributed by atoms with E-state index in [1.807, 2.05) is 19.1 Å². The average Bonchev–Trinajstić information content (AvgIpc) is 2.49. The number of para-hydroxylation sites is 1. The third kappa shape index (κ3) is 2.64. The summed E-state index contributed by atoms with van der Waals surface area (Å²) >= 11 is 0. The molecule has 0 radical (unpaired) electrons. The number of carboxylic acids is 1. The zero-order valence-electron chi connectivity index (χ0n) is 11.1. The SMILES string of the molecule is Cc1ccc(C(=O)O)cc1Oc1nnc2ccccc2n1. The van der Waals surface area contributed by atoms with E-state index in [0.29, 0.717) is 16.8 Å². The van der Waals surface area contributed by atoms with Gasteiger partial charge in [-0.3, -0.25) is 0 Å². The van der Waals surface area contributed by atoms with Crippen LogP contribution in [-0.2, 0) is 0 Å². The van der Waals surface area contributed by atoms with E-state index in [0.717, 1.165) is 5.56 Å². The third-order valence-electron chi connectivity index (χ3n) is 2.98. The van der Waals surface area contributed by atoms with Gasteiger partial charge in [0.25, 0.3) is 0 Å². The molecule has 6 heteroatoms. The fourth-order valence-corrected chi connectivity index (χ4v) is 1.85. The van der Waals surface area contributed by atoms with Crippen LogP contribution in [0.25, 0.3) is 11.0 Å². The fourth-order valence-electron chi connectivity index (χ4n) is 1.85. The van der Waals surface area contributed by atoms with E-state index in [9.17, 15) is 4.79 Å². The van der Waals surface area contributed by atoms with Gasteiger partial charge in [-0.25, -0.2) is 4.79 Å². The van der Waals surface area contributed by atoms with E-state index in [1.165, 1.54) is 12.1 Å². The van der Waals surface area contributed by atoms with Gasteiger partial charge in [0.15, 0.2) is 0 Å². The van der Waals surface area contributed by atoms with Gasteiger partial charge in [0.1, 0.15) is 11.3 Å². The maximum Gasteiger partial charge on any atom is 0.341 e. The Morgan fingerprint density at radius 3 is 2.62 bits per heavy atom. The Labute approximate surface area is 120 Å². The number of aromatic nitrogens is 3. The first-order valence-electron chi connectivity index (χ1n) is 6.25. The quantitative estimate of drug-likeness (QED) is 0.794. The van der Waals surface area contributed by atoms with Crippen molar-refractivity contribution in [2.75, 3.05) is 0 Å². The van der Waals surface area contributed by atoms with Crippen LogP contribution in [0.5, 0.6) is 11.8 Å².